The van der Waals surface area contributed by atoms with Crippen LogP contribution in [0.15, 0.2) is 47.5 Å². The summed E-state index contributed by atoms with van der Waals surface area (Å²) in [5.74, 6) is -0.275. The number of hydrogen-bond donors (Lipinski definition) is 1. The molecule has 2 aromatic rings. The quantitative estimate of drug-likeness (QED) is 0.469. The highest BCUT2D eigenvalue weighted by Crippen LogP contribution is 2.19. The third-order valence-electron chi connectivity index (χ3n) is 4.39. The van der Waals surface area contributed by atoms with E-state index in [2.05, 4.69) is 17.1 Å². The molecule has 1 N–H and O–H groups in total. The molecule has 0 atom stereocenters. The van der Waals surface area contributed by atoms with Crippen LogP contribution in [-0.2, 0) is 17.8 Å². The molecule has 0 amide bonds. The largest absolute Gasteiger partial charge is 0.872 e. The Labute approximate surface area is 151 Å². The molecule has 0 aromatic heterocycles. The summed E-state index contributed by atoms with van der Waals surface area (Å²) in [5, 5.41) is 22.5. The van der Waals surface area contributed by atoms with Crippen LogP contribution in [0.5, 0.6) is 5.75 Å². The van der Waals surface area contributed by atoms with Crippen molar-refractivity contribution < 1.29 is 19.7 Å². The second-order valence-corrected chi connectivity index (χ2v) is 6.30. The monoisotopic (exact) mass is 355 g/mol. The van der Waals surface area contributed by atoms with Gasteiger partial charge in [-0.05, 0) is 11.1 Å². The minimum Gasteiger partial charge on any atom is -0.872 e. The number of ether oxygens (including phenoxy) is 1. The maximum absolute atomic E-state index is 11.7. The first kappa shape index (κ1) is 18.0. The molecule has 3 rings (SSSR count). The first-order valence-electron chi connectivity index (χ1n) is 8.56. The normalized spacial score (nSPS) is 15.4. The molecule has 1 aliphatic rings. The summed E-state index contributed by atoms with van der Waals surface area (Å²) in [7, 11) is 0. The summed E-state index contributed by atoms with van der Waals surface area (Å²) >= 11 is 0. The molecule has 0 spiro atoms. The van der Waals surface area contributed by atoms with Crippen LogP contribution >= 0.6 is 0 Å². The van der Waals surface area contributed by atoms with Gasteiger partial charge in [-0.3, -0.25) is 15.1 Å². The number of non-ortho nitro benzene ring substituents is 1. The highest BCUT2D eigenvalue weighted by molar-refractivity contribution is 5.84. The fourth-order valence-corrected chi connectivity index (χ4v) is 2.89. The number of nitrogens with one attached hydrogen (secondary N) is 1. The van der Waals surface area contributed by atoms with Gasteiger partial charge in [-0.2, -0.15) is 0 Å². The number of hydrogen-bond acceptors (Lipinski definition) is 5. The number of benzene rings is 2. The van der Waals surface area contributed by atoms with E-state index >= 15 is 0 Å². The zero-order chi connectivity index (χ0) is 18.4. The Morgan fingerprint density at radius 3 is 2.50 bits per heavy atom. The van der Waals surface area contributed by atoms with E-state index in [1.54, 1.807) is 0 Å². The number of nitro groups is 1. The lowest BCUT2D eigenvalue weighted by molar-refractivity contribution is -0.921. The summed E-state index contributed by atoms with van der Waals surface area (Å²) < 4.78 is 5.37. The average molecular weight is 355 g/mol. The van der Waals surface area contributed by atoms with E-state index in [1.807, 2.05) is 12.1 Å². The van der Waals surface area contributed by atoms with Crippen LogP contribution in [0.25, 0.3) is 0 Å². The number of morpholine rings is 1. The number of nitro benzene ring substituents is 1. The minimum atomic E-state index is -0.522. The molecule has 7 heteroatoms. The lowest BCUT2D eigenvalue weighted by Crippen LogP contribution is -3.12. The van der Waals surface area contributed by atoms with Gasteiger partial charge in [-0.25, -0.2) is 0 Å². The van der Waals surface area contributed by atoms with Gasteiger partial charge in [-0.1, -0.05) is 36.1 Å². The Morgan fingerprint density at radius 1 is 1.12 bits per heavy atom. The molecule has 136 valence electrons. The van der Waals surface area contributed by atoms with E-state index < -0.39 is 4.92 Å². The van der Waals surface area contributed by atoms with E-state index in [-0.39, 0.29) is 17.0 Å². The SMILES string of the molecule is O=[N+]([O-])c1ccc([O-])c(C=NCc2ccc(C[NH+]3CCOCC3)cc2)c1. The predicted octanol–water partition coefficient (Wildman–Crippen LogP) is 0.703. The maximum atomic E-state index is 11.7. The molecule has 2 aromatic carbocycles. The summed E-state index contributed by atoms with van der Waals surface area (Å²) in [5.41, 5.74) is 2.42. The molecule has 0 unspecified atom stereocenters. The Hall–Kier alpha value is -2.77. The van der Waals surface area contributed by atoms with Gasteiger partial charge in [0.1, 0.15) is 19.6 Å². The fourth-order valence-electron chi connectivity index (χ4n) is 2.89. The van der Waals surface area contributed by atoms with Gasteiger partial charge in [0.15, 0.2) is 0 Å². The number of quaternary nitrogens is 1. The van der Waals surface area contributed by atoms with Gasteiger partial charge in [0.25, 0.3) is 5.69 Å². The van der Waals surface area contributed by atoms with Crippen molar-refractivity contribution in [2.24, 2.45) is 4.99 Å². The average Bonchev–Trinajstić information content (AvgIpc) is 2.65. The molecule has 0 saturated carbocycles. The zero-order valence-electron chi connectivity index (χ0n) is 14.4. The van der Waals surface area contributed by atoms with Crippen LogP contribution in [0.1, 0.15) is 16.7 Å². The van der Waals surface area contributed by atoms with E-state index in [4.69, 9.17) is 4.74 Å². The summed E-state index contributed by atoms with van der Waals surface area (Å²) in [4.78, 5) is 16.0. The molecule has 0 bridgehead atoms. The number of aliphatic imine (C=N–C) groups is 1. The topological polar surface area (TPSA) is 92.2 Å². The Bertz CT molecular complexity index is 784. The summed E-state index contributed by atoms with van der Waals surface area (Å²) in [6.45, 7) is 5.12. The van der Waals surface area contributed by atoms with Crippen molar-refractivity contribution in [2.45, 2.75) is 13.1 Å². The summed E-state index contributed by atoms with van der Waals surface area (Å²) in [6, 6.07) is 11.9. The summed E-state index contributed by atoms with van der Waals surface area (Å²) in [6.07, 6.45) is 1.40. The second-order valence-electron chi connectivity index (χ2n) is 6.30. The van der Waals surface area contributed by atoms with Crippen LogP contribution in [0, 0.1) is 10.1 Å². The van der Waals surface area contributed by atoms with Gasteiger partial charge in [0, 0.05) is 23.9 Å². The Balaban J connectivity index is 1.58. The molecule has 1 saturated heterocycles. The van der Waals surface area contributed by atoms with Crippen molar-refractivity contribution in [3.05, 3.63) is 69.3 Å². The van der Waals surface area contributed by atoms with Gasteiger partial charge in [0.2, 0.25) is 0 Å². The first-order chi connectivity index (χ1) is 12.6. The molecule has 0 radical (unpaired) electrons. The number of rotatable bonds is 6. The Kier molecular flexibility index (Phi) is 5.93. The van der Waals surface area contributed by atoms with Crippen LogP contribution in [0.2, 0.25) is 0 Å². The molecular weight excluding hydrogens is 334 g/mol. The van der Waals surface area contributed by atoms with E-state index in [0.29, 0.717) is 6.54 Å². The third-order valence-corrected chi connectivity index (χ3v) is 4.39. The van der Waals surface area contributed by atoms with Crippen molar-refractivity contribution in [3.63, 3.8) is 0 Å². The predicted molar refractivity (Wildman–Crippen MR) is 95.5 cm³/mol. The smallest absolute Gasteiger partial charge is 0.270 e. The molecule has 26 heavy (non-hydrogen) atoms. The van der Waals surface area contributed by atoms with Gasteiger partial charge in [0.05, 0.1) is 24.7 Å². The first-order valence-corrected chi connectivity index (χ1v) is 8.56. The molecule has 7 nitrogen and oxygen atoms in total. The molecule has 0 aliphatic carbocycles. The van der Waals surface area contributed by atoms with Crippen LogP contribution in [0.3, 0.4) is 0 Å². The highest BCUT2D eigenvalue weighted by Gasteiger charge is 2.13. The minimum absolute atomic E-state index is 0.110. The Morgan fingerprint density at radius 2 is 1.81 bits per heavy atom. The van der Waals surface area contributed by atoms with E-state index in [1.165, 1.54) is 34.9 Å². The van der Waals surface area contributed by atoms with Gasteiger partial charge < -0.3 is 14.7 Å². The van der Waals surface area contributed by atoms with Crippen molar-refractivity contribution in [3.8, 4) is 5.75 Å². The molecule has 1 aliphatic heterocycles. The molecule has 1 fully saturated rings. The lowest BCUT2D eigenvalue weighted by atomic mass is 10.1. The number of nitrogens with zero attached hydrogens (tertiary/aromatic N) is 2. The van der Waals surface area contributed by atoms with Crippen LogP contribution < -0.4 is 10.0 Å². The molecular formula is C19H21N3O4. The van der Waals surface area contributed by atoms with Gasteiger partial charge >= 0.3 is 0 Å². The van der Waals surface area contributed by atoms with Crippen molar-refractivity contribution in [2.75, 3.05) is 26.3 Å². The molecule has 1 heterocycles. The van der Waals surface area contributed by atoms with Crippen molar-refractivity contribution in [1.29, 1.82) is 0 Å². The van der Waals surface area contributed by atoms with Crippen molar-refractivity contribution >= 4 is 11.9 Å². The van der Waals surface area contributed by atoms with Crippen LogP contribution in [0.4, 0.5) is 5.69 Å². The van der Waals surface area contributed by atoms with E-state index in [0.717, 1.165) is 38.4 Å². The maximum Gasteiger partial charge on any atom is 0.270 e. The lowest BCUT2D eigenvalue weighted by Gasteiger charge is -2.23. The van der Waals surface area contributed by atoms with E-state index in [9.17, 15) is 15.2 Å². The highest BCUT2D eigenvalue weighted by atomic mass is 16.6. The third kappa shape index (κ3) is 4.87. The van der Waals surface area contributed by atoms with Gasteiger partial charge in [-0.15, -0.1) is 0 Å². The fraction of sp³-hybridized carbons (Fsp3) is 0.316. The second kappa shape index (κ2) is 8.55. The standard InChI is InChI=1S/C19H21N3O4/c23-19-6-5-18(22(24)25)11-17(19)13-20-12-15-1-3-16(4-2-15)14-21-7-9-26-10-8-21/h1-6,11,13,23H,7-10,12,14H2. The van der Waals surface area contributed by atoms with Crippen LogP contribution in [-0.4, -0.2) is 37.4 Å². The zero-order valence-corrected chi connectivity index (χ0v) is 14.4. The van der Waals surface area contributed by atoms with Crippen molar-refractivity contribution in [1.82, 2.24) is 0 Å².